The molecule has 0 aliphatic carbocycles. The molecule has 5 aromatic carbocycles. The smallest absolute Gasteiger partial charge is 0.504 e. The summed E-state index contributed by atoms with van der Waals surface area (Å²) >= 11 is 51.6. The molecule has 0 radical (unpaired) electrons. The molecular formula is C80H93Br3Cl7Li2N7O18. The van der Waals surface area contributed by atoms with Gasteiger partial charge in [-0.25, -0.2) is 25.0 Å². The van der Waals surface area contributed by atoms with Gasteiger partial charge in [-0.2, -0.15) is 30.2 Å². The number of aliphatic hydroxyl groups is 2. The number of benzene rings is 5. The van der Waals surface area contributed by atoms with Crippen LogP contribution in [0.5, 0.6) is 0 Å². The fourth-order valence-electron chi connectivity index (χ4n) is 10.8. The Bertz CT molecular complexity index is 4530. The summed E-state index contributed by atoms with van der Waals surface area (Å²) in [4.78, 5) is 57.4. The molecule has 3 saturated heterocycles. The Morgan fingerprint density at radius 1 is 0.598 bits per heavy atom. The second-order valence-corrected chi connectivity index (χ2v) is 30.3. The number of ether oxygens (including phenoxy) is 12. The number of aldehydes is 1. The number of hydrogen-bond donors (Lipinski definition) is 2. The molecule has 3 fully saturated rings. The fourth-order valence-corrected chi connectivity index (χ4v) is 13.3. The SMILES string of the molecule is CCOC.CO/C=C/c1cc(Cl)ccc1Br.COC(Cc1[c-]ccc(Cl)c1)OC.COC(Cc1cc(Cl)ccc1Br)OC.COC(Cc1cc(Cl)ccc1C(=O)[C@H]1O[C@@H](n2ccc3c(Cl)ncnc32)[C@@H]2OC(C)(C)O[C@@H]21)OC.CON(C)C(=O)[C@H]1O[C@@H](n2ccc3c(Cl)ncnc32)[C@H](O)[C@@H]1O.O=Cc1cc(Cl)ccc1Br.[CH2-]CCC.[Li+].[Li+]. The monoisotopic (exact) mass is 1940 g/mol. The molecule has 7 heterocycles. The van der Waals surface area contributed by atoms with E-state index >= 15 is 0 Å². The van der Waals surface area contributed by atoms with E-state index in [-0.39, 0.29) is 61.2 Å². The Morgan fingerprint density at radius 2 is 1.04 bits per heavy atom. The summed E-state index contributed by atoms with van der Waals surface area (Å²) in [6, 6.07) is 33.4. The number of halogens is 10. The molecule has 3 aliphatic heterocycles. The molecule has 3 aliphatic rings. The fraction of sp³-hybridized carbons (Fsp3) is 0.400. The number of ketones is 1. The largest absolute Gasteiger partial charge is 1.00 e. The molecule has 0 saturated carbocycles. The van der Waals surface area contributed by atoms with Crippen molar-refractivity contribution in [1.82, 2.24) is 34.1 Å². The Balaban J connectivity index is 0.000000376. The van der Waals surface area contributed by atoms with Crippen molar-refractivity contribution in [2.45, 2.75) is 134 Å². The van der Waals surface area contributed by atoms with Gasteiger partial charge in [0.2, 0.25) is 0 Å². The number of nitrogens with zero attached hydrogens (tertiary/aromatic N) is 7. The Hall–Kier alpha value is -4.21. The molecule has 0 bridgehead atoms. The zero-order valence-corrected chi connectivity index (χ0v) is 77.5. The predicted molar refractivity (Wildman–Crippen MR) is 456 cm³/mol. The van der Waals surface area contributed by atoms with E-state index in [1.54, 1.807) is 141 Å². The molecule has 2 N–H and O–H groups in total. The molecule has 0 spiro atoms. The number of hydroxylamine groups is 2. The van der Waals surface area contributed by atoms with E-state index < -0.39 is 67.1 Å². The number of carbonyl (C=O) groups is 3. The second kappa shape index (κ2) is 55.1. The van der Waals surface area contributed by atoms with E-state index in [4.69, 9.17) is 138 Å². The summed E-state index contributed by atoms with van der Waals surface area (Å²) in [6.45, 7) is 12.1. The van der Waals surface area contributed by atoms with E-state index in [1.807, 2.05) is 69.3 Å². The molecule has 628 valence electrons. The summed E-state index contributed by atoms with van der Waals surface area (Å²) in [5.74, 6) is -1.75. The van der Waals surface area contributed by atoms with Crippen LogP contribution in [0.3, 0.4) is 0 Å². The third-order valence-electron chi connectivity index (χ3n) is 16.8. The molecule has 4 aromatic heterocycles. The number of aliphatic hydroxyl groups excluding tert-OH is 2. The third-order valence-corrected chi connectivity index (χ3v) is 20.8. The van der Waals surface area contributed by atoms with Crippen LogP contribution in [0.1, 0.15) is 96.0 Å². The minimum absolute atomic E-state index is 0. The first-order valence-corrected chi connectivity index (χ1v) is 40.1. The van der Waals surface area contributed by atoms with Crippen LogP contribution < -0.4 is 37.7 Å². The molecule has 0 unspecified atom stereocenters. The molecule has 1 amide bonds. The van der Waals surface area contributed by atoms with E-state index in [0.29, 0.717) is 88.3 Å². The number of Topliss-reactive ketones (excluding diaryl/α,β-unsaturated/α-hetero) is 1. The van der Waals surface area contributed by atoms with E-state index in [1.165, 1.54) is 37.8 Å². The number of unbranched alkanes of at least 4 members (excludes halogenated alkanes) is 1. The van der Waals surface area contributed by atoms with Gasteiger partial charge in [0.15, 0.2) is 61.4 Å². The topological polar surface area (TPSA) is 276 Å². The van der Waals surface area contributed by atoms with Crippen LogP contribution in [0.2, 0.25) is 35.4 Å². The van der Waals surface area contributed by atoms with Gasteiger partial charge in [0.05, 0.1) is 31.3 Å². The van der Waals surface area contributed by atoms with Crippen LogP contribution in [0.25, 0.3) is 28.1 Å². The van der Waals surface area contributed by atoms with Gasteiger partial charge in [0.25, 0.3) is 5.91 Å². The standard InChI is InChI=1S/C24H25Cl2N3O6.C13H15ClN4O5.C10H12BrClO2.C10H12ClO2.C9H8BrClO.C7H4BrClO.C4H9.C3H8O.2Li/c1-24(2)34-19-18(17(30)14-6-5-13(25)9-12(14)10-16(31-3)32-4)33-23(20(19)35-24)29-8-7-15-21(26)27-11-28-22(15)29;1-17(22-2)12(21)9-7(19)8(20)13(23-9)18-4-3-6-10(14)15-5-16-11(6)18;1-13-10(14-2)6-7-5-8(12)3-4-9(7)11;1-12-10(13-2)7-8-4-3-5-9(11)6-8;1-12-5-4-7-6-8(11)2-3-9(7)10;8-7-2-1-6(9)3-5(7)4-10;2*1-3-4-2;;/h5-9,11,16,18-20,23H,10H2,1-4H3;3-5,7-9,13,19-20H,1-2H3;3-5,10H,6H2,1-2H3;3,5-6,10H,7H2,1-2H3;2-6H,1H3;1-4H;1,3-4H2,2H3;3H2,1-2H3;;/q;;;-1;;;-1;;2*+1/b;;;;5-4+;;;;;/t18-,19-,20-,23-;7-,8+,9-,13+;;;;;;;;/m10......../s1. The van der Waals surface area contributed by atoms with Gasteiger partial charge in [-0.15, -0.1) is 17.7 Å². The predicted octanol–water partition coefficient (Wildman–Crippen LogP) is 12.4. The van der Waals surface area contributed by atoms with Crippen molar-refractivity contribution in [3.05, 3.63) is 230 Å². The van der Waals surface area contributed by atoms with E-state index in [0.717, 1.165) is 54.5 Å². The van der Waals surface area contributed by atoms with Gasteiger partial charge in [0, 0.05) is 140 Å². The minimum Gasteiger partial charge on any atom is -0.504 e. The van der Waals surface area contributed by atoms with Crippen molar-refractivity contribution < 1.29 is 124 Å². The van der Waals surface area contributed by atoms with Gasteiger partial charge in [-0.3, -0.25) is 19.2 Å². The van der Waals surface area contributed by atoms with Crippen molar-refractivity contribution in [3.63, 3.8) is 0 Å². The summed E-state index contributed by atoms with van der Waals surface area (Å²) < 4.78 is 70.7. The molecule has 25 nitrogen and oxygen atoms in total. The first-order valence-electron chi connectivity index (χ1n) is 35.1. The van der Waals surface area contributed by atoms with Gasteiger partial charge < -0.3 is 83.1 Å². The summed E-state index contributed by atoms with van der Waals surface area (Å²) in [6.07, 6.45) is 5.46. The number of likely N-dealkylation sites (N-methyl/N-ethyl adjacent to an activating group) is 1. The van der Waals surface area contributed by atoms with Crippen molar-refractivity contribution in [3.8, 4) is 0 Å². The number of aromatic nitrogens is 6. The van der Waals surface area contributed by atoms with Crippen molar-refractivity contribution in [1.29, 1.82) is 0 Å². The van der Waals surface area contributed by atoms with Gasteiger partial charge in [-0.05, 0) is 128 Å². The number of rotatable bonds is 23. The minimum atomic E-state index is -1.40. The van der Waals surface area contributed by atoms with Crippen LogP contribution in [-0.4, -0.2) is 201 Å². The molecule has 37 heteroatoms. The molecule has 117 heavy (non-hydrogen) atoms. The van der Waals surface area contributed by atoms with E-state index in [2.05, 4.69) is 92.4 Å². The number of carbonyl (C=O) groups excluding carboxylic acids is 3. The maximum absolute atomic E-state index is 13.9. The normalized spacial score (nSPS) is 17.9. The van der Waals surface area contributed by atoms with Crippen LogP contribution in [0, 0.1) is 13.0 Å². The van der Waals surface area contributed by atoms with Crippen LogP contribution in [0.15, 0.2) is 148 Å². The molecule has 9 aromatic rings. The quantitative estimate of drug-likeness (QED) is 0.00880. The average Bonchev–Trinajstić information content (AvgIpc) is 1.58. The van der Waals surface area contributed by atoms with Crippen LogP contribution in [-0.2, 0) is 85.7 Å². The van der Waals surface area contributed by atoms with Gasteiger partial charge >= 0.3 is 37.7 Å². The van der Waals surface area contributed by atoms with Crippen LogP contribution in [0.4, 0.5) is 0 Å². The molecular weight excluding hydrogens is 1850 g/mol. The molecule has 8 atom stereocenters. The van der Waals surface area contributed by atoms with E-state index in [9.17, 15) is 24.6 Å². The molecule has 12 rings (SSSR count). The average molecular weight is 1940 g/mol. The number of methoxy groups -OCH3 is 8. The van der Waals surface area contributed by atoms with Crippen molar-refractivity contribution in [2.24, 2.45) is 0 Å². The summed E-state index contributed by atoms with van der Waals surface area (Å²) in [5.41, 5.74) is 5.78. The Morgan fingerprint density at radius 3 is 1.52 bits per heavy atom. The Labute approximate surface area is 767 Å². The number of fused-ring (bicyclic) bond motifs is 3. The second-order valence-electron chi connectivity index (χ2n) is 24.9. The van der Waals surface area contributed by atoms with Gasteiger partial charge in [0.1, 0.15) is 58.7 Å². The van der Waals surface area contributed by atoms with Gasteiger partial charge in [-0.1, -0.05) is 136 Å². The number of hydrogen-bond acceptors (Lipinski definition) is 22. The summed E-state index contributed by atoms with van der Waals surface area (Å²) in [5, 5.41) is 26.3. The number of amides is 1. The third kappa shape index (κ3) is 32.4. The first kappa shape index (κ1) is 107. The van der Waals surface area contributed by atoms with Crippen molar-refractivity contribution in [2.75, 3.05) is 77.6 Å². The maximum Gasteiger partial charge on any atom is 1.00 e. The zero-order valence-electron chi connectivity index (χ0n) is 67.5. The Kier molecular flexibility index (Phi) is 50.4. The summed E-state index contributed by atoms with van der Waals surface area (Å²) in [7, 11) is 15.5. The maximum atomic E-state index is 13.9. The van der Waals surface area contributed by atoms with Crippen molar-refractivity contribution >= 4 is 175 Å². The zero-order chi connectivity index (χ0) is 85.2. The first-order chi connectivity index (χ1) is 54.9. The van der Waals surface area contributed by atoms with Crippen LogP contribution >= 0.6 is 129 Å².